The molecule has 2 bridgehead atoms. The van der Waals surface area contributed by atoms with Crippen LogP contribution < -0.4 is 4.74 Å². The van der Waals surface area contributed by atoms with Crippen LogP contribution >= 0.6 is 0 Å². The molecule has 4 heterocycles. The fourth-order valence-corrected chi connectivity index (χ4v) is 5.11. The smallest absolute Gasteiger partial charge is 0.225 e. The second-order valence-corrected chi connectivity index (χ2v) is 7.26. The Hall–Kier alpha value is -1.59. The minimum absolute atomic E-state index is 0.0646. The molecule has 3 atom stereocenters. The summed E-state index contributed by atoms with van der Waals surface area (Å²) in [5, 5.41) is 9.20. The summed E-state index contributed by atoms with van der Waals surface area (Å²) in [4.78, 5) is 17.3. The van der Waals surface area contributed by atoms with Gasteiger partial charge in [0.25, 0.3) is 0 Å². The van der Waals surface area contributed by atoms with Gasteiger partial charge in [-0.3, -0.25) is 9.69 Å². The second-order valence-electron chi connectivity index (χ2n) is 7.26. The molecule has 0 unspecified atom stereocenters. The summed E-state index contributed by atoms with van der Waals surface area (Å²) in [6, 6.07) is 9.00. The number of aliphatic hydroxyl groups excluding tert-OH is 1. The van der Waals surface area contributed by atoms with Crippen molar-refractivity contribution in [1.29, 1.82) is 0 Å². The van der Waals surface area contributed by atoms with Gasteiger partial charge < -0.3 is 14.7 Å². The van der Waals surface area contributed by atoms with E-state index in [2.05, 4.69) is 21.9 Å². The zero-order valence-electron chi connectivity index (χ0n) is 14.2. The Kier molecular flexibility index (Phi) is 4.22. The lowest BCUT2D eigenvalue weighted by atomic mass is 9.75. The Morgan fingerprint density at radius 1 is 1.29 bits per heavy atom. The van der Waals surface area contributed by atoms with Crippen LogP contribution in [0.1, 0.15) is 30.7 Å². The average molecular weight is 330 g/mol. The summed E-state index contributed by atoms with van der Waals surface area (Å²) in [6.45, 7) is 2.99. The molecule has 130 valence electrons. The number of methoxy groups -OCH3 is 1. The first kappa shape index (κ1) is 15.9. The molecule has 5 rings (SSSR count). The molecule has 0 aliphatic carbocycles. The van der Waals surface area contributed by atoms with Gasteiger partial charge >= 0.3 is 0 Å². The molecule has 1 aromatic rings. The quantitative estimate of drug-likeness (QED) is 0.908. The van der Waals surface area contributed by atoms with Crippen molar-refractivity contribution < 1.29 is 14.6 Å². The maximum atomic E-state index is 12.6. The minimum atomic E-state index is -0.0646. The number of nitrogens with zero attached hydrogens (tertiary/aromatic N) is 2. The summed E-state index contributed by atoms with van der Waals surface area (Å²) in [7, 11) is 1.69. The summed E-state index contributed by atoms with van der Waals surface area (Å²) < 4.78 is 5.40. The molecule has 0 radical (unpaired) electrons. The van der Waals surface area contributed by atoms with Gasteiger partial charge in [0.1, 0.15) is 5.75 Å². The van der Waals surface area contributed by atoms with E-state index in [-0.39, 0.29) is 18.9 Å². The number of ether oxygens (including phenoxy) is 1. The van der Waals surface area contributed by atoms with Crippen molar-refractivity contribution in [1.82, 2.24) is 9.80 Å². The summed E-state index contributed by atoms with van der Waals surface area (Å²) in [5.41, 5.74) is 1.26. The molecule has 4 fully saturated rings. The van der Waals surface area contributed by atoms with Gasteiger partial charge in [-0.05, 0) is 49.5 Å². The second kappa shape index (κ2) is 6.37. The zero-order valence-corrected chi connectivity index (χ0v) is 14.2. The summed E-state index contributed by atoms with van der Waals surface area (Å²) in [6.07, 6.45) is 2.62. The molecular weight excluding hydrogens is 304 g/mol. The Morgan fingerprint density at radius 2 is 2.08 bits per heavy atom. The van der Waals surface area contributed by atoms with Crippen LogP contribution in [0.2, 0.25) is 0 Å². The maximum absolute atomic E-state index is 12.6. The highest BCUT2D eigenvalue weighted by Gasteiger charge is 2.54. The lowest BCUT2D eigenvalue weighted by Gasteiger charge is -2.51. The van der Waals surface area contributed by atoms with Gasteiger partial charge in [-0.1, -0.05) is 12.1 Å². The number of aliphatic hydroxyl groups is 1. The van der Waals surface area contributed by atoms with E-state index in [1.165, 1.54) is 18.4 Å². The lowest BCUT2D eigenvalue weighted by Crippen LogP contribution is -2.60. The third-order valence-corrected chi connectivity index (χ3v) is 6.16. The molecule has 24 heavy (non-hydrogen) atoms. The van der Waals surface area contributed by atoms with Crippen LogP contribution in [0, 0.1) is 5.92 Å². The van der Waals surface area contributed by atoms with Crippen molar-refractivity contribution in [3.63, 3.8) is 0 Å². The molecule has 4 aliphatic heterocycles. The van der Waals surface area contributed by atoms with E-state index >= 15 is 0 Å². The van der Waals surface area contributed by atoms with Crippen LogP contribution in [0.25, 0.3) is 0 Å². The highest BCUT2D eigenvalue weighted by molar-refractivity contribution is 5.77. The normalized spacial score (nSPS) is 34.2. The van der Waals surface area contributed by atoms with Crippen LogP contribution in [0.15, 0.2) is 24.3 Å². The molecule has 0 aromatic heterocycles. The van der Waals surface area contributed by atoms with Gasteiger partial charge in [-0.2, -0.15) is 0 Å². The molecule has 1 N–H and O–H groups in total. The predicted molar refractivity (Wildman–Crippen MR) is 91.0 cm³/mol. The maximum Gasteiger partial charge on any atom is 0.225 e. The van der Waals surface area contributed by atoms with Crippen LogP contribution in [0.4, 0.5) is 0 Å². The van der Waals surface area contributed by atoms with E-state index in [1.807, 2.05) is 12.1 Å². The van der Waals surface area contributed by atoms with E-state index in [9.17, 15) is 9.90 Å². The largest absolute Gasteiger partial charge is 0.497 e. The lowest BCUT2D eigenvalue weighted by molar-refractivity contribution is -0.136. The van der Waals surface area contributed by atoms with Crippen LogP contribution in [0.3, 0.4) is 0 Å². The third-order valence-electron chi connectivity index (χ3n) is 6.16. The van der Waals surface area contributed by atoms with Gasteiger partial charge in [-0.25, -0.2) is 0 Å². The van der Waals surface area contributed by atoms with Gasteiger partial charge in [-0.15, -0.1) is 0 Å². The number of amides is 1. The highest BCUT2D eigenvalue weighted by atomic mass is 16.5. The molecule has 5 nitrogen and oxygen atoms in total. The Balaban J connectivity index is 1.68. The molecule has 0 spiro atoms. The first-order valence-electron chi connectivity index (χ1n) is 9.01. The summed E-state index contributed by atoms with van der Waals surface area (Å²) >= 11 is 0. The number of fused-ring (bicyclic) bond motifs is 2. The number of benzene rings is 1. The number of carbonyl (C=O) groups excluding carboxylic acids is 1. The van der Waals surface area contributed by atoms with E-state index in [1.54, 1.807) is 7.11 Å². The van der Waals surface area contributed by atoms with E-state index in [0.29, 0.717) is 23.9 Å². The Labute approximate surface area is 143 Å². The third kappa shape index (κ3) is 2.50. The number of hydrogen-bond acceptors (Lipinski definition) is 4. The summed E-state index contributed by atoms with van der Waals surface area (Å²) in [5.74, 6) is 1.92. The van der Waals surface area contributed by atoms with Gasteiger partial charge in [0.05, 0.1) is 19.8 Å². The number of hydrogen-bond donors (Lipinski definition) is 1. The first-order valence-corrected chi connectivity index (χ1v) is 9.01. The average Bonchev–Trinajstić information content (AvgIpc) is 3.06. The van der Waals surface area contributed by atoms with Crippen LogP contribution in [-0.4, -0.2) is 66.2 Å². The predicted octanol–water partition coefficient (Wildman–Crippen LogP) is 1.47. The Bertz CT molecular complexity index is 612. The number of carbonyl (C=O) groups is 1. The zero-order chi connectivity index (χ0) is 16.7. The van der Waals surface area contributed by atoms with Crippen molar-refractivity contribution in [2.45, 2.75) is 37.3 Å². The van der Waals surface area contributed by atoms with Crippen molar-refractivity contribution in [2.75, 3.05) is 33.4 Å². The van der Waals surface area contributed by atoms with Gasteiger partial charge in [0, 0.05) is 24.9 Å². The van der Waals surface area contributed by atoms with E-state index in [4.69, 9.17) is 4.74 Å². The molecule has 5 heteroatoms. The molecule has 1 aromatic carbocycles. The topological polar surface area (TPSA) is 53.0 Å². The molecule has 4 saturated heterocycles. The molecule has 1 amide bonds. The fourth-order valence-electron chi connectivity index (χ4n) is 5.11. The fraction of sp³-hybridized carbons (Fsp3) is 0.632. The Morgan fingerprint density at radius 3 is 2.79 bits per heavy atom. The molecule has 4 aliphatic rings. The molecular formula is C19H26N2O3. The van der Waals surface area contributed by atoms with Crippen molar-refractivity contribution in [2.24, 2.45) is 5.92 Å². The van der Waals surface area contributed by atoms with Crippen molar-refractivity contribution >= 4 is 5.91 Å². The molecule has 0 saturated carbocycles. The number of likely N-dealkylation sites (tertiary alicyclic amines) is 1. The number of rotatable bonds is 4. The van der Waals surface area contributed by atoms with Crippen LogP contribution in [-0.2, 0) is 4.79 Å². The van der Waals surface area contributed by atoms with Crippen molar-refractivity contribution in [3.05, 3.63) is 29.8 Å². The standard InChI is InChI=1S/C19H26N2O3/c1-24-15-4-2-3-14(11-15)16-12-21(17(23)7-10-22)18-13-5-8-20(9-6-13)19(16)18/h2-4,11,13,16,18-19,22H,5-10,12H2,1H3/t16-,18+,19+/m0/s1. The van der Waals surface area contributed by atoms with Gasteiger partial charge in [0.15, 0.2) is 0 Å². The SMILES string of the molecule is COc1cccc([C@@H]2CN(C(=O)CCO)[C@@H]3C4CCN(CC4)[C@@H]32)c1. The van der Waals surface area contributed by atoms with Crippen molar-refractivity contribution in [3.8, 4) is 5.75 Å². The van der Waals surface area contributed by atoms with Crippen LogP contribution in [0.5, 0.6) is 5.75 Å². The highest BCUT2D eigenvalue weighted by Crippen LogP contribution is 2.47. The van der Waals surface area contributed by atoms with Gasteiger partial charge in [0.2, 0.25) is 5.91 Å². The van der Waals surface area contributed by atoms with E-state index in [0.717, 1.165) is 25.4 Å². The monoisotopic (exact) mass is 330 g/mol. The minimum Gasteiger partial charge on any atom is -0.497 e. The van der Waals surface area contributed by atoms with E-state index < -0.39 is 0 Å². The number of piperidine rings is 3. The first-order chi connectivity index (χ1) is 11.7.